The number of benzene rings is 1. The van der Waals surface area contributed by atoms with Gasteiger partial charge in [-0.1, -0.05) is 75.8 Å². The van der Waals surface area contributed by atoms with Gasteiger partial charge in [-0.3, -0.25) is 0 Å². The Morgan fingerprint density at radius 3 is 2.27 bits per heavy atom. The van der Waals surface area contributed by atoms with Crippen molar-refractivity contribution in [2.45, 2.75) is 71.0 Å². The summed E-state index contributed by atoms with van der Waals surface area (Å²) < 4.78 is 0. The van der Waals surface area contributed by atoms with Crippen LogP contribution in [0.4, 0.5) is 0 Å². The zero-order valence-electron chi connectivity index (χ0n) is 14.4. The van der Waals surface area contributed by atoms with Crippen LogP contribution in [0.2, 0.25) is 0 Å². The highest BCUT2D eigenvalue weighted by molar-refractivity contribution is 5.15. The summed E-state index contributed by atoms with van der Waals surface area (Å²) in [6.07, 6.45) is 16.0. The summed E-state index contributed by atoms with van der Waals surface area (Å²) in [7, 11) is 2.20. The van der Waals surface area contributed by atoms with Crippen LogP contribution in [0.5, 0.6) is 0 Å². The zero-order valence-corrected chi connectivity index (χ0v) is 14.4. The molecule has 1 aromatic rings. The Balaban J connectivity index is 1.69. The third-order valence-electron chi connectivity index (χ3n) is 4.62. The first kappa shape index (κ1) is 16.9. The molecule has 0 aromatic heterocycles. The summed E-state index contributed by atoms with van der Waals surface area (Å²) in [6, 6.07) is 10.8. The van der Waals surface area contributed by atoms with E-state index in [2.05, 4.69) is 66.5 Å². The van der Waals surface area contributed by atoms with Gasteiger partial charge >= 0.3 is 0 Å². The zero-order chi connectivity index (χ0) is 15.6. The molecule has 1 aliphatic heterocycles. The van der Waals surface area contributed by atoms with Gasteiger partial charge in [0.25, 0.3) is 0 Å². The van der Waals surface area contributed by atoms with Gasteiger partial charge < -0.3 is 9.80 Å². The van der Waals surface area contributed by atoms with Gasteiger partial charge in [-0.25, -0.2) is 0 Å². The fourth-order valence-electron chi connectivity index (χ4n) is 3.23. The van der Waals surface area contributed by atoms with Crippen LogP contribution in [0.15, 0.2) is 42.7 Å². The van der Waals surface area contributed by atoms with E-state index in [9.17, 15) is 0 Å². The molecule has 2 rings (SSSR count). The molecule has 0 radical (unpaired) electrons. The standard InChI is InChI=1S/C20H32N2/c1-3-4-5-6-7-8-12-15-20-21(2)16-17-22(20)18-19-13-10-9-11-14-19/h9-11,13-14,16-17,20H,3-8,12,15,18H2,1-2H3. The van der Waals surface area contributed by atoms with E-state index in [1.165, 1.54) is 56.9 Å². The van der Waals surface area contributed by atoms with E-state index < -0.39 is 0 Å². The molecule has 1 aliphatic rings. The van der Waals surface area contributed by atoms with Crippen molar-refractivity contribution in [3.05, 3.63) is 48.3 Å². The van der Waals surface area contributed by atoms with E-state index >= 15 is 0 Å². The van der Waals surface area contributed by atoms with Crippen LogP contribution < -0.4 is 0 Å². The molecule has 122 valence electrons. The molecule has 0 saturated heterocycles. The normalized spacial score (nSPS) is 17.5. The van der Waals surface area contributed by atoms with Crippen molar-refractivity contribution in [1.29, 1.82) is 0 Å². The molecule has 0 aliphatic carbocycles. The minimum absolute atomic E-state index is 0.538. The van der Waals surface area contributed by atoms with Gasteiger partial charge in [0.15, 0.2) is 0 Å². The van der Waals surface area contributed by atoms with Gasteiger partial charge in [-0.05, 0) is 18.4 Å². The summed E-state index contributed by atoms with van der Waals surface area (Å²) in [5.74, 6) is 0. The monoisotopic (exact) mass is 300 g/mol. The van der Waals surface area contributed by atoms with Crippen LogP contribution in [0.1, 0.15) is 63.9 Å². The Morgan fingerprint density at radius 2 is 1.55 bits per heavy atom. The molecule has 0 saturated carbocycles. The SMILES string of the molecule is CCCCCCCCCC1N(C)C=CN1Cc1ccccc1. The second-order valence-corrected chi connectivity index (χ2v) is 6.51. The van der Waals surface area contributed by atoms with Crippen molar-refractivity contribution in [2.75, 3.05) is 7.05 Å². The van der Waals surface area contributed by atoms with E-state index in [-0.39, 0.29) is 0 Å². The second kappa shape index (κ2) is 9.55. The summed E-state index contributed by atoms with van der Waals surface area (Å²) in [4.78, 5) is 4.84. The fourth-order valence-corrected chi connectivity index (χ4v) is 3.23. The Kier molecular flexibility index (Phi) is 7.35. The van der Waals surface area contributed by atoms with E-state index in [4.69, 9.17) is 0 Å². The molecule has 1 heterocycles. The Hall–Kier alpha value is -1.44. The molecule has 22 heavy (non-hydrogen) atoms. The second-order valence-electron chi connectivity index (χ2n) is 6.51. The third-order valence-corrected chi connectivity index (χ3v) is 4.62. The molecule has 0 N–H and O–H groups in total. The molecule has 1 unspecified atom stereocenters. The molecular weight excluding hydrogens is 268 g/mol. The molecule has 0 fully saturated rings. The number of rotatable bonds is 10. The van der Waals surface area contributed by atoms with E-state index in [0.717, 1.165) is 6.54 Å². The van der Waals surface area contributed by atoms with Gasteiger partial charge in [0.2, 0.25) is 0 Å². The van der Waals surface area contributed by atoms with Gasteiger partial charge in [-0.15, -0.1) is 0 Å². The maximum absolute atomic E-state index is 2.48. The summed E-state index contributed by atoms with van der Waals surface area (Å²) >= 11 is 0. The molecular formula is C20H32N2. The summed E-state index contributed by atoms with van der Waals surface area (Å²) in [5.41, 5.74) is 1.40. The minimum Gasteiger partial charge on any atom is -0.359 e. The van der Waals surface area contributed by atoms with Crippen LogP contribution >= 0.6 is 0 Å². The van der Waals surface area contributed by atoms with Crippen molar-refractivity contribution in [3.63, 3.8) is 0 Å². The van der Waals surface area contributed by atoms with E-state index in [0.29, 0.717) is 6.17 Å². The van der Waals surface area contributed by atoms with Gasteiger partial charge in [0.05, 0.1) is 0 Å². The van der Waals surface area contributed by atoms with Crippen molar-refractivity contribution in [3.8, 4) is 0 Å². The summed E-state index contributed by atoms with van der Waals surface area (Å²) in [5, 5.41) is 0. The number of hydrogen-bond donors (Lipinski definition) is 0. The maximum atomic E-state index is 2.48. The molecule has 0 bridgehead atoms. The minimum atomic E-state index is 0.538. The largest absolute Gasteiger partial charge is 0.359 e. The molecule has 0 amide bonds. The topological polar surface area (TPSA) is 6.48 Å². The first-order valence-electron chi connectivity index (χ1n) is 9.01. The highest BCUT2D eigenvalue weighted by Crippen LogP contribution is 2.22. The fraction of sp³-hybridized carbons (Fsp3) is 0.600. The third kappa shape index (κ3) is 5.40. The highest BCUT2D eigenvalue weighted by Gasteiger charge is 2.22. The Morgan fingerprint density at radius 1 is 0.864 bits per heavy atom. The van der Waals surface area contributed by atoms with E-state index in [1.54, 1.807) is 0 Å². The average molecular weight is 300 g/mol. The maximum Gasteiger partial charge on any atom is 0.101 e. The van der Waals surface area contributed by atoms with Crippen LogP contribution in [-0.4, -0.2) is 23.0 Å². The first-order chi connectivity index (χ1) is 10.8. The number of unbranched alkanes of at least 4 members (excludes halogenated alkanes) is 6. The van der Waals surface area contributed by atoms with Gasteiger partial charge in [0.1, 0.15) is 6.17 Å². The van der Waals surface area contributed by atoms with Crippen molar-refractivity contribution < 1.29 is 0 Å². The lowest BCUT2D eigenvalue weighted by molar-refractivity contribution is 0.155. The van der Waals surface area contributed by atoms with Crippen LogP contribution in [0, 0.1) is 0 Å². The highest BCUT2D eigenvalue weighted by atomic mass is 15.4. The average Bonchev–Trinajstić information content (AvgIpc) is 2.88. The summed E-state index contributed by atoms with van der Waals surface area (Å²) in [6.45, 7) is 3.30. The number of nitrogens with zero attached hydrogens (tertiary/aromatic N) is 2. The van der Waals surface area contributed by atoms with Gasteiger partial charge in [-0.2, -0.15) is 0 Å². The van der Waals surface area contributed by atoms with Crippen molar-refractivity contribution >= 4 is 0 Å². The lowest BCUT2D eigenvalue weighted by Gasteiger charge is -2.30. The quantitative estimate of drug-likeness (QED) is 0.536. The predicted molar refractivity (Wildman–Crippen MR) is 95.3 cm³/mol. The smallest absolute Gasteiger partial charge is 0.101 e. The number of hydrogen-bond acceptors (Lipinski definition) is 2. The van der Waals surface area contributed by atoms with E-state index in [1.807, 2.05) is 0 Å². The lowest BCUT2D eigenvalue weighted by Crippen LogP contribution is -2.36. The molecule has 1 aromatic carbocycles. The van der Waals surface area contributed by atoms with Crippen molar-refractivity contribution in [1.82, 2.24) is 9.80 Å². The van der Waals surface area contributed by atoms with Crippen LogP contribution in [0.25, 0.3) is 0 Å². The van der Waals surface area contributed by atoms with Crippen molar-refractivity contribution in [2.24, 2.45) is 0 Å². The molecule has 2 heteroatoms. The first-order valence-corrected chi connectivity index (χ1v) is 9.01. The van der Waals surface area contributed by atoms with Gasteiger partial charge in [0, 0.05) is 26.0 Å². The molecule has 2 nitrogen and oxygen atoms in total. The Bertz CT molecular complexity index is 427. The Labute approximate surface area is 136 Å². The van der Waals surface area contributed by atoms with Crippen LogP contribution in [-0.2, 0) is 6.54 Å². The predicted octanol–water partition coefficient (Wildman–Crippen LogP) is 5.37. The lowest BCUT2D eigenvalue weighted by atomic mass is 10.1. The molecule has 0 spiro atoms. The molecule has 1 atom stereocenters. The van der Waals surface area contributed by atoms with Crippen LogP contribution in [0.3, 0.4) is 0 Å².